The lowest BCUT2D eigenvalue weighted by molar-refractivity contribution is 0.0518. The molecule has 8 nitrogen and oxygen atoms in total. The highest BCUT2D eigenvalue weighted by Gasteiger charge is 2.31. The Morgan fingerprint density at radius 3 is 2.60 bits per heavy atom. The van der Waals surface area contributed by atoms with Crippen molar-refractivity contribution in [2.24, 2.45) is 0 Å². The number of carbonyl (C=O) groups excluding carboxylic acids is 1. The Balaban J connectivity index is 1.92. The van der Waals surface area contributed by atoms with Crippen LogP contribution >= 0.6 is 27.5 Å². The number of alkyl halides is 1. The van der Waals surface area contributed by atoms with Crippen LogP contribution in [0.2, 0.25) is 5.02 Å². The highest BCUT2D eigenvalue weighted by molar-refractivity contribution is 9.10. The molecule has 3 heterocycles. The van der Waals surface area contributed by atoms with E-state index in [1.807, 2.05) is 43.5 Å². The molecule has 0 amide bonds. The van der Waals surface area contributed by atoms with Crippen molar-refractivity contribution in [2.45, 2.75) is 46.5 Å². The minimum Gasteiger partial charge on any atom is -0.461 e. The monoisotopic (exact) mass is 562 g/mol. The van der Waals surface area contributed by atoms with Gasteiger partial charge in [0.15, 0.2) is 21.9 Å². The molecule has 11 heteroatoms. The lowest BCUT2D eigenvalue weighted by Gasteiger charge is -2.25. The van der Waals surface area contributed by atoms with Crippen molar-refractivity contribution < 1.29 is 13.9 Å². The van der Waals surface area contributed by atoms with E-state index in [1.165, 1.54) is 0 Å². The van der Waals surface area contributed by atoms with Gasteiger partial charge in [-0.05, 0) is 73.0 Å². The molecule has 1 unspecified atom stereocenters. The average Bonchev–Trinajstić information content (AvgIpc) is 3.39. The third-order valence-electron chi connectivity index (χ3n) is 5.56. The summed E-state index contributed by atoms with van der Waals surface area (Å²) < 4.78 is 22.9. The van der Waals surface area contributed by atoms with Crippen molar-refractivity contribution in [3.05, 3.63) is 74.6 Å². The van der Waals surface area contributed by atoms with Crippen LogP contribution < -0.4 is 5.32 Å². The maximum Gasteiger partial charge on any atom is 0.358 e. The summed E-state index contributed by atoms with van der Waals surface area (Å²) in [6.07, 6.45) is 1.75. The second-order valence-corrected chi connectivity index (χ2v) is 9.43. The zero-order chi connectivity index (χ0) is 25.3. The second-order valence-electron chi connectivity index (χ2n) is 8.28. The summed E-state index contributed by atoms with van der Waals surface area (Å²) in [6, 6.07) is 8.72. The van der Waals surface area contributed by atoms with Gasteiger partial charge in [0.2, 0.25) is 0 Å². The number of imidazole rings is 1. The third-order valence-corrected chi connectivity index (χ3v) is 6.37. The van der Waals surface area contributed by atoms with Gasteiger partial charge >= 0.3 is 5.97 Å². The Kier molecular flexibility index (Phi) is 7.42. The van der Waals surface area contributed by atoms with Gasteiger partial charge < -0.3 is 14.6 Å². The van der Waals surface area contributed by atoms with E-state index in [0.717, 1.165) is 11.1 Å². The fourth-order valence-electron chi connectivity index (χ4n) is 4.04. The standard InChI is InChI=1S/C24H25BrClFN6O2/c1-5-35-23(34)20-21(33(13(2)3)24(25)29-20)19(15-6-8-16(26)9-7-15)28-17-10-14(4)22-31-30-18(11-27)32(22)12-17/h6-10,12-13,19,28H,5,11H2,1-4H3. The van der Waals surface area contributed by atoms with E-state index in [1.54, 1.807) is 29.7 Å². The Morgan fingerprint density at radius 2 is 1.97 bits per heavy atom. The number of benzene rings is 1. The molecule has 0 fully saturated rings. The lowest BCUT2D eigenvalue weighted by Crippen LogP contribution is -2.22. The van der Waals surface area contributed by atoms with Crippen LogP contribution in [0.4, 0.5) is 10.1 Å². The SMILES string of the molecule is CCOC(=O)c1nc(Br)n(C(C)C)c1C(Nc1cc(C)c2nnc(CF)n2c1)c1ccc(Cl)cc1. The van der Waals surface area contributed by atoms with Crippen molar-refractivity contribution in [3.8, 4) is 0 Å². The van der Waals surface area contributed by atoms with Crippen LogP contribution in [0.25, 0.3) is 5.65 Å². The Labute approximate surface area is 215 Å². The van der Waals surface area contributed by atoms with Crippen molar-refractivity contribution in [2.75, 3.05) is 11.9 Å². The van der Waals surface area contributed by atoms with Crippen LogP contribution in [0.5, 0.6) is 0 Å². The largest absolute Gasteiger partial charge is 0.461 e. The molecule has 184 valence electrons. The highest BCUT2D eigenvalue weighted by Crippen LogP contribution is 2.35. The number of pyridine rings is 1. The van der Waals surface area contributed by atoms with Crippen LogP contribution in [-0.4, -0.2) is 36.7 Å². The molecule has 0 aliphatic rings. The van der Waals surface area contributed by atoms with Crippen molar-refractivity contribution >= 4 is 44.8 Å². The number of nitrogens with one attached hydrogen (secondary N) is 1. The molecule has 0 aliphatic carbocycles. The lowest BCUT2D eigenvalue weighted by atomic mass is 10.0. The predicted octanol–water partition coefficient (Wildman–Crippen LogP) is 6.08. The molecule has 35 heavy (non-hydrogen) atoms. The molecule has 0 saturated heterocycles. The molecular weight excluding hydrogens is 539 g/mol. The van der Waals surface area contributed by atoms with Gasteiger partial charge in [-0.2, -0.15) is 0 Å². The molecule has 0 saturated carbocycles. The molecule has 0 bridgehead atoms. The number of fused-ring (bicyclic) bond motifs is 1. The Hall–Kier alpha value is -2.98. The van der Waals surface area contributed by atoms with Gasteiger partial charge in [0, 0.05) is 17.3 Å². The summed E-state index contributed by atoms with van der Waals surface area (Å²) in [5.74, 6) is -0.314. The molecule has 0 aliphatic heterocycles. The van der Waals surface area contributed by atoms with E-state index in [2.05, 4.69) is 36.4 Å². The summed E-state index contributed by atoms with van der Waals surface area (Å²) in [5.41, 5.74) is 3.76. The van der Waals surface area contributed by atoms with Crippen molar-refractivity contribution in [1.82, 2.24) is 24.1 Å². The first-order valence-electron chi connectivity index (χ1n) is 11.1. The van der Waals surface area contributed by atoms with E-state index < -0.39 is 18.7 Å². The second kappa shape index (κ2) is 10.3. The summed E-state index contributed by atoms with van der Waals surface area (Å²) in [7, 11) is 0. The van der Waals surface area contributed by atoms with Crippen LogP contribution in [0.1, 0.15) is 66.0 Å². The van der Waals surface area contributed by atoms with Crippen molar-refractivity contribution in [1.29, 1.82) is 0 Å². The average molecular weight is 564 g/mol. The summed E-state index contributed by atoms with van der Waals surface area (Å²) in [4.78, 5) is 17.5. The number of hydrogen-bond acceptors (Lipinski definition) is 6. The number of carbonyl (C=O) groups is 1. The third kappa shape index (κ3) is 4.90. The molecule has 0 spiro atoms. The van der Waals surface area contributed by atoms with Crippen LogP contribution in [0.15, 0.2) is 41.3 Å². The number of rotatable bonds is 8. The number of ether oxygens (including phenoxy) is 1. The molecule has 4 rings (SSSR count). The molecule has 3 aromatic heterocycles. The van der Waals surface area contributed by atoms with Gasteiger partial charge in [-0.3, -0.25) is 4.40 Å². The van der Waals surface area contributed by atoms with Gasteiger partial charge in [0.05, 0.1) is 24.0 Å². The van der Waals surface area contributed by atoms with E-state index in [0.29, 0.717) is 26.8 Å². The number of aryl methyl sites for hydroxylation is 1. The summed E-state index contributed by atoms with van der Waals surface area (Å²) >= 11 is 9.68. The van der Waals surface area contributed by atoms with E-state index in [-0.39, 0.29) is 24.2 Å². The zero-order valence-corrected chi connectivity index (χ0v) is 22.1. The number of aromatic nitrogens is 5. The first-order valence-corrected chi connectivity index (χ1v) is 12.3. The van der Waals surface area contributed by atoms with Crippen LogP contribution in [0, 0.1) is 6.92 Å². The van der Waals surface area contributed by atoms with Gasteiger partial charge in [-0.1, -0.05) is 23.7 Å². The molecule has 1 aromatic carbocycles. The fraction of sp³-hybridized carbons (Fsp3) is 0.333. The number of halogens is 3. The quantitative estimate of drug-likeness (QED) is 0.262. The number of hydrogen-bond donors (Lipinski definition) is 1. The highest BCUT2D eigenvalue weighted by atomic mass is 79.9. The minimum absolute atomic E-state index is 0.0214. The fourth-order valence-corrected chi connectivity index (χ4v) is 4.94. The zero-order valence-electron chi connectivity index (χ0n) is 19.7. The maximum absolute atomic E-state index is 13.5. The first-order chi connectivity index (χ1) is 16.7. The molecule has 0 radical (unpaired) electrons. The van der Waals surface area contributed by atoms with E-state index >= 15 is 0 Å². The minimum atomic E-state index is -0.745. The maximum atomic E-state index is 13.5. The van der Waals surface area contributed by atoms with Crippen molar-refractivity contribution in [3.63, 3.8) is 0 Å². The first kappa shape index (κ1) is 25.1. The van der Waals surface area contributed by atoms with Crippen LogP contribution in [0.3, 0.4) is 0 Å². The van der Waals surface area contributed by atoms with Crippen LogP contribution in [-0.2, 0) is 11.4 Å². The number of anilines is 1. The molecule has 1 N–H and O–H groups in total. The van der Waals surface area contributed by atoms with E-state index in [4.69, 9.17) is 16.3 Å². The predicted molar refractivity (Wildman–Crippen MR) is 136 cm³/mol. The Morgan fingerprint density at radius 1 is 1.26 bits per heavy atom. The Bertz CT molecular complexity index is 1370. The van der Waals surface area contributed by atoms with Gasteiger partial charge in [-0.25, -0.2) is 14.2 Å². The normalized spacial score (nSPS) is 12.3. The van der Waals surface area contributed by atoms with E-state index in [9.17, 15) is 9.18 Å². The molecular formula is C24H25BrClFN6O2. The van der Waals surface area contributed by atoms with Gasteiger partial charge in [-0.15, -0.1) is 10.2 Å². The molecule has 4 aromatic rings. The summed E-state index contributed by atoms with van der Waals surface area (Å²) in [5, 5.41) is 12.1. The smallest absolute Gasteiger partial charge is 0.358 e. The topological polar surface area (TPSA) is 86.3 Å². The van der Waals surface area contributed by atoms with Gasteiger partial charge in [0.25, 0.3) is 0 Å². The number of esters is 1. The van der Waals surface area contributed by atoms with Gasteiger partial charge in [0.1, 0.15) is 6.67 Å². The summed E-state index contributed by atoms with van der Waals surface area (Å²) in [6.45, 7) is 7.12. The number of nitrogens with zero attached hydrogens (tertiary/aromatic N) is 5. The molecule has 1 atom stereocenters.